The predicted molar refractivity (Wildman–Crippen MR) is 109 cm³/mol. The highest BCUT2D eigenvalue weighted by atomic mass is 32.2. The fraction of sp³-hybridized carbons (Fsp3) is 0.429. The van der Waals surface area contributed by atoms with Gasteiger partial charge < -0.3 is 10.4 Å². The number of aliphatic hydroxyl groups excluding tert-OH is 1. The number of amides is 2. The van der Waals surface area contributed by atoms with Crippen LogP contribution >= 0.6 is 11.8 Å². The van der Waals surface area contributed by atoms with Crippen LogP contribution in [0.1, 0.15) is 36.2 Å². The van der Waals surface area contributed by atoms with Crippen molar-refractivity contribution in [2.45, 2.75) is 31.1 Å². The van der Waals surface area contributed by atoms with Gasteiger partial charge in [0.25, 0.3) is 11.8 Å². The molecule has 4 N–H and O–H groups in total. The smallest absolute Gasteiger partial charge is 0.267 e. The minimum atomic E-state index is -0.903. The molecule has 0 radical (unpaired) electrons. The average molecular weight is 401 g/mol. The number of hydrogen-bond acceptors (Lipinski definition) is 5. The van der Waals surface area contributed by atoms with Gasteiger partial charge in [-0.05, 0) is 68.5 Å². The molecule has 7 heteroatoms. The van der Waals surface area contributed by atoms with Crippen molar-refractivity contribution in [3.63, 3.8) is 0 Å². The number of carbonyl (C=O) groups is 2. The fourth-order valence-electron chi connectivity index (χ4n) is 2.52. The van der Waals surface area contributed by atoms with Crippen LogP contribution in [0, 0.1) is 35.5 Å². The van der Waals surface area contributed by atoms with Gasteiger partial charge in [-0.1, -0.05) is 11.8 Å². The molecule has 1 fully saturated rings. The first kappa shape index (κ1) is 21.8. The van der Waals surface area contributed by atoms with E-state index in [1.165, 1.54) is 11.8 Å². The second-order valence-corrected chi connectivity index (χ2v) is 8.53. The Bertz CT molecular complexity index is 843. The van der Waals surface area contributed by atoms with E-state index in [2.05, 4.69) is 29.0 Å². The minimum Gasteiger partial charge on any atom is -0.396 e. The molecule has 1 aliphatic carbocycles. The van der Waals surface area contributed by atoms with Crippen molar-refractivity contribution in [2.24, 2.45) is 11.8 Å². The SMILES string of the molecule is CSC(C)(C)[C@H](NC(=O)c1ccc(C#CC#CC2CC2CO)cc1)C(=O)NO. The highest BCUT2D eigenvalue weighted by Gasteiger charge is 2.36. The molecule has 0 heterocycles. The first-order valence-electron chi connectivity index (χ1n) is 8.84. The van der Waals surface area contributed by atoms with Gasteiger partial charge in [-0.2, -0.15) is 11.8 Å². The van der Waals surface area contributed by atoms with E-state index < -0.39 is 22.6 Å². The molecule has 2 unspecified atom stereocenters. The number of rotatable bonds is 6. The maximum atomic E-state index is 12.5. The molecule has 1 aromatic rings. The fourth-order valence-corrected chi connectivity index (χ4v) is 2.92. The molecule has 0 saturated heterocycles. The molecular weight excluding hydrogens is 376 g/mol. The number of hydroxylamine groups is 1. The van der Waals surface area contributed by atoms with Gasteiger partial charge in [-0.3, -0.25) is 14.8 Å². The van der Waals surface area contributed by atoms with Crippen LogP contribution in [0.2, 0.25) is 0 Å². The van der Waals surface area contributed by atoms with Crippen LogP contribution in [0.3, 0.4) is 0 Å². The number of thioether (sulfide) groups is 1. The Labute approximate surface area is 169 Å². The third-order valence-corrected chi connectivity index (χ3v) is 5.99. The molecule has 2 rings (SSSR count). The third kappa shape index (κ3) is 5.77. The average Bonchev–Trinajstić information content (AvgIpc) is 3.47. The molecule has 1 aliphatic rings. The van der Waals surface area contributed by atoms with Crippen LogP contribution < -0.4 is 10.8 Å². The zero-order valence-electron chi connectivity index (χ0n) is 16.1. The number of carbonyl (C=O) groups excluding carboxylic acids is 2. The van der Waals surface area contributed by atoms with Crippen LogP contribution in [0.4, 0.5) is 0 Å². The summed E-state index contributed by atoms with van der Waals surface area (Å²) in [5, 5.41) is 20.6. The lowest BCUT2D eigenvalue weighted by Gasteiger charge is -2.31. The minimum absolute atomic E-state index is 0.172. The van der Waals surface area contributed by atoms with E-state index in [1.54, 1.807) is 29.7 Å². The van der Waals surface area contributed by atoms with Crippen molar-refractivity contribution in [2.75, 3.05) is 12.9 Å². The van der Waals surface area contributed by atoms with Crippen LogP contribution in [-0.4, -0.2) is 45.8 Å². The highest BCUT2D eigenvalue weighted by Crippen LogP contribution is 2.36. The molecule has 3 atom stereocenters. The Hall–Kier alpha value is -2.45. The lowest BCUT2D eigenvalue weighted by Crippen LogP contribution is -2.55. The monoisotopic (exact) mass is 400 g/mol. The summed E-state index contributed by atoms with van der Waals surface area (Å²) in [7, 11) is 0. The molecule has 28 heavy (non-hydrogen) atoms. The Morgan fingerprint density at radius 2 is 1.96 bits per heavy atom. The first-order chi connectivity index (χ1) is 13.3. The Morgan fingerprint density at radius 1 is 1.29 bits per heavy atom. The van der Waals surface area contributed by atoms with Gasteiger partial charge in [0.1, 0.15) is 6.04 Å². The van der Waals surface area contributed by atoms with Crippen LogP contribution in [0.5, 0.6) is 0 Å². The summed E-state index contributed by atoms with van der Waals surface area (Å²) in [6.45, 7) is 3.79. The number of benzene rings is 1. The normalized spacial score (nSPS) is 18.6. The van der Waals surface area contributed by atoms with Gasteiger partial charge in [0.15, 0.2) is 0 Å². The van der Waals surface area contributed by atoms with Gasteiger partial charge >= 0.3 is 0 Å². The van der Waals surface area contributed by atoms with Gasteiger partial charge in [-0.15, -0.1) is 0 Å². The lowest BCUT2D eigenvalue weighted by molar-refractivity contribution is -0.131. The molecule has 148 valence electrons. The third-order valence-electron chi connectivity index (χ3n) is 4.70. The molecule has 0 aromatic heterocycles. The van der Waals surface area contributed by atoms with Crippen molar-refractivity contribution in [3.05, 3.63) is 35.4 Å². The molecule has 2 amide bonds. The van der Waals surface area contributed by atoms with Crippen molar-refractivity contribution in [1.82, 2.24) is 10.8 Å². The molecular formula is C21H24N2O4S. The summed E-state index contributed by atoms with van der Waals surface area (Å²) in [6, 6.07) is 5.75. The van der Waals surface area contributed by atoms with Gasteiger partial charge in [0.2, 0.25) is 0 Å². The van der Waals surface area contributed by atoms with E-state index in [1.807, 2.05) is 20.1 Å². The van der Waals surface area contributed by atoms with Crippen LogP contribution in [0.25, 0.3) is 0 Å². The second kappa shape index (κ2) is 9.66. The lowest BCUT2D eigenvalue weighted by atomic mass is 10.0. The van der Waals surface area contributed by atoms with E-state index in [4.69, 9.17) is 10.3 Å². The summed E-state index contributed by atoms with van der Waals surface area (Å²) in [6.07, 6.45) is 2.75. The standard InChI is InChI=1S/C21H24N2O4S/c1-21(2,28-3)18(20(26)23-27)22-19(25)15-10-8-14(9-11-15)6-4-5-7-16-12-17(16)13-24/h8-11,16-18,24,27H,12-13H2,1-3H3,(H,22,25)(H,23,26)/t16?,17?,18-/m1/s1. The van der Waals surface area contributed by atoms with E-state index in [9.17, 15) is 9.59 Å². The summed E-state index contributed by atoms with van der Waals surface area (Å²) in [4.78, 5) is 24.4. The van der Waals surface area contributed by atoms with E-state index in [0.29, 0.717) is 11.5 Å². The maximum absolute atomic E-state index is 12.5. The topological polar surface area (TPSA) is 98.7 Å². The molecule has 1 saturated carbocycles. The van der Waals surface area contributed by atoms with Crippen molar-refractivity contribution < 1.29 is 19.9 Å². The zero-order valence-corrected chi connectivity index (χ0v) is 16.9. The second-order valence-electron chi connectivity index (χ2n) is 7.07. The summed E-state index contributed by atoms with van der Waals surface area (Å²) >= 11 is 1.41. The van der Waals surface area contributed by atoms with Gasteiger partial charge in [-0.25, -0.2) is 5.48 Å². The largest absolute Gasteiger partial charge is 0.396 e. The van der Waals surface area contributed by atoms with Crippen molar-refractivity contribution in [3.8, 4) is 23.7 Å². The van der Waals surface area contributed by atoms with Crippen LogP contribution in [0.15, 0.2) is 24.3 Å². The Morgan fingerprint density at radius 3 is 2.50 bits per heavy atom. The van der Waals surface area contributed by atoms with Crippen molar-refractivity contribution >= 4 is 23.6 Å². The Balaban J connectivity index is 2.02. The highest BCUT2D eigenvalue weighted by molar-refractivity contribution is 8.00. The van der Waals surface area contributed by atoms with E-state index in [0.717, 1.165) is 12.0 Å². The first-order valence-corrected chi connectivity index (χ1v) is 10.1. The number of aliphatic hydroxyl groups is 1. The van der Waals surface area contributed by atoms with Crippen LogP contribution in [-0.2, 0) is 4.79 Å². The van der Waals surface area contributed by atoms with E-state index in [-0.39, 0.29) is 12.5 Å². The van der Waals surface area contributed by atoms with Crippen molar-refractivity contribution in [1.29, 1.82) is 0 Å². The Kier molecular flexibility index (Phi) is 7.53. The molecule has 0 spiro atoms. The molecule has 0 bridgehead atoms. The quantitative estimate of drug-likeness (QED) is 0.329. The predicted octanol–water partition coefficient (Wildman–Crippen LogP) is 1.42. The summed E-state index contributed by atoms with van der Waals surface area (Å²) in [5.41, 5.74) is 2.71. The number of nitrogens with one attached hydrogen (secondary N) is 2. The molecule has 1 aromatic carbocycles. The molecule has 0 aliphatic heterocycles. The van der Waals surface area contributed by atoms with Gasteiger partial charge in [0, 0.05) is 28.4 Å². The molecule has 6 nitrogen and oxygen atoms in total. The van der Waals surface area contributed by atoms with E-state index >= 15 is 0 Å². The number of hydrogen-bond donors (Lipinski definition) is 4. The maximum Gasteiger partial charge on any atom is 0.267 e. The summed E-state index contributed by atoms with van der Waals surface area (Å²) in [5.74, 6) is 10.9. The summed E-state index contributed by atoms with van der Waals surface area (Å²) < 4.78 is -0.608. The zero-order chi connectivity index (χ0) is 20.7. The van der Waals surface area contributed by atoms with Gasteiger partial charge in [0.05, 0.1) is 0 Å².